The summed E-state index contributed by atoms with van der Waals surface area (Å²) in [5, 5.41) is 14.5. The van der Waals surface area contributed by atoms with Crippen LogP contribution in [-0.4, -0.2) is 34.4 Å². The first-order valence-electron chi connectivity index (χ1n) is 8.49. The lowest BCUT2D eigenvalue weighted by Crippen LogP contribution is -2.38. The van der Waals surface area contributed by atoms with Crippen LogP contribution >= 0.6 is 0 Å². The number of aryl methyl sites for hydroxylation is 1. The highest BCUT2D eigenvalue weighted by Crippen LogP contribution is 2.18. The maximum absolute atomic E-state index is 12.4. The van der Waals surface area contributed by atoms with Gasteiger partial charge in [-0.05, 0) is 41.8 Å². The average molecular weight is 365 g/mol. The number of aromatic hydroxyl groups is 1. The van der Waals surface area contributed by atoms with Crippen molar-refractivity contribution in [1.29, 1.82) is 0 Å². The molecule has 0 aromatic heterocycles. The topological polar surface area (TPSA) is 98.7 Å². The second-order valence-electron chi connectivity index (χ2n) is 6.03. The van der Waals surface area contributed by atoms with Gasteiger partial charge >= 0.3 is 6.03 Å². The van der Waals surface area contributed by atoms with E-state index in [1.807, 2.05) is 19.1 Å². The van der Waals surface area contributed by atoms with Gasteiger partial charge in [0.25, 0.3) is 5.91 Å². The highest BCUT2D eigenvalue weighted by atomic mass is 16.3. The van der Waals surface area contributed by atoms with Crippen molar-refractivity contribution in [3.05, 3.63) is 65.4 Å². The van der Waals surface area contributed by atoms with E-state index in [-0.39, 0.29) is 18.0 Å². The van der Waals surface area contributed by atoms with Crippen LogP contribution in [0.15, 0.2) is 54.2 Å². The minimum Gasteiger partial charge on any atom is -0.508 e. The number of carbonyl (C=O) groups excluding carboxylic acids is 3. The van der Waals surface area contributed by atoms with E-state index in [1.165, 1.54) is 18.2 Å². The predicted molar refractivity (Wildman–Crippen MR) is 101 cm³/mol. The van der Waals surface area contributed by atoms with Gasteiger partial charge in [0.1, 0.15) is 18.0 Å². The summed E-state index contributed by atoms with van der Waals surface area (Å²) in [6.45, 7) is 1.60. The summed E-state index contributed by atoms with van der Waals surface area (Å²) in [5.74, 6) is -0.929. The molecule has 3 rings (SSSR count). The Labute approximate surface area is 156 Å². The Hall–Kier alpha value is -3.61. The number of amides is 4. The van der Waals surface area contributed by atoms with E-state index in [0.29, 0.717) is 11.3 Å². The molecule has 2 aromatic rings. The van der Waals surface area contributed by atoms with Gasteiger partial charge in [-0.1, -0.05) is 37.3 Å². The number of urea groups is 1. The molecule has 27 heavy (non-hydrogen) atoms. The molecule has 0 atom stereocenters. The third-order valence-electron chi connectivity index (χ3n) is 4.14. The molecule has 1 aliphatic heterocycles. The number of hydrogen-bond acceptors (Lipinski definition) is 4. The zero-order valence-electron chi connectivity index (χ0n) is 14.7. The Balaban J connectivity index is 1.70. The maximum Gasteiger partial charge on any atom is 0.329 e. The number of carbonyl (C=O) groups is 3. The van der Waals surface area contributed by atoms with Gasteiger partial charge in [-0.3, -0.25) is 9.59 Å². The summed E-state index contributed by atoms with van der Waals surface area (Å²) in [5.41, 5.74) is 2.35. The molecular weight excluding hydrogens is 346 g/mol. The number of rotatable bonds is 5. The molecular formula is C20H19N3O4. The molecule has 7 heteroatoms. The van der Waals surface area contributed by atoms with Gasteiger partial charge in [-0.15, -0.1) is 0 Å². The molecule has 3 N–H and O–H groups in total. The lowest BCUT2D eigenvalue weighted by Gasteiger charge is -2.13. The van der Waals surface area contributed by atoms with Gasteiger partial charge in [0, 0.05) is 5.69 Å². The van der Waals surface area contributed by atoms with Crippen molar-refractivity contribution in [3.63, 3.8) is 0 Å². The van der Waals surface area contributed by atoms with Crippen LogP contribution in [-0.2, 0) is 16.0 Å². The Kier molecular flexibility index (Phi) is 5.21. The SMILES string of the molecule is CCc1ccccc1NC(=O)CN1C(=O)N/C(=C/c2ccc(O)cc2)C1=O. The molecule has 0 bridgehead atoms. The van der Waals surface area contributed by atoms with Gasteiger partial charge in [-0.25, -0.2) is 9.69 Å². The quantitative estimate of drug-likeness (QED) is 0.560. The smallest absolute Gasteiger partial charge is 0.329 e. The van der Waals surface area contributed by atoms with Crippen molar-refractivity contribution in [2.45, 2.75) is 13.3 Å². The summed E-state index contributed by atoms with van der Waals surface area (Å²) in [6.07, 6.45) is 2.24. The Morgan fingerprint density at radius 2 is 1.85 bits per heavy atom. The highest BCUT2D eigenvalue weighted by Gasteiger charge is 2.34. The monoisotopic (exact) mass is 365 g/mol. The van der Waals surface area contributed by atoms with E-state index in [0.717, 1.165) is 16.9 Å². The number of hydrogen-bond donors (Lipinski definition) is 3. The van der Waals surface area contributed by atoms with Crippen LogP contribution in [0.25, 0.3) is 6.08 Å². The van der Waals surface area contributed by atoms with E-state index in [9.17, 15) is 19.5 Å². The second kappa shape index (κ2) is 7.74. The minimum atomic E-state index is -0.649. The Bertz CT molecular complexity index is 919. The van der Waals surface area contributed by atoms with Crippen molar-refractivity contribution in [1.82, 2.24) is 10.2 Å². The van der Waals surface area contributed by atoms with Crippen LogP contribution in [0.2, 0.25) is 0 Å². The first-order chi connectivity index (χ1) is 13.0. The molecule has 1 heterocycles. The highest BCUT2D eigenvalue weighted by molar-refractivity contribution is 6.15. The number of benzene rings is 2. The van der Waals surface area contributed by atoms with Crippen LogP contribution in [0, 0.1) is 0 Å². The van der Waals surface area contributed by atoms with Crippen LogP contribution in [0.4, 0.5) is 10.5 Å². The summed E-state index contributed by atoms with van der Waals surface area (Å²) in [7, 11) is 0. The molecule has 1 fully saturated rings. The van der Waals surface area contributed by atoms with E-state index in [4.69, 9.17) is 0 Å². The summed E-state index contributed by atoms with van der Waals surface area (Å²) < 4.78 is 0. The van der Waals surface area contributed by atoms with Crippen molar-refractivity contribution in [2.75, 3.05) is 11.9 Å². The fourth-order valence-corrected chi connectivity index (χ4v) is 2.74. The molecule has 0 radical (unpaired) electrons. The molecule has 1 saturated heterocycles. The molecule has 0 saturated carbocycles. The fourth-order valence-electron chi connectivity index (χ4n) is 2.74. The third kappa shape index (κ3) is 4.14. The number of nitrogens with one attached hydrogen (secondary N) is 2. The molecule has 4 amide bonds. The molecule has 0 unspecified atom stereocenters. The zero-order valence-corrected chi connectivity index (χ0v) is 14.7. The first-order valence-corrected chi connectivity index (χ1v) is 8.49. The molecule has 0 spiro atoms. The van der Waals surface area contributed by atoms with E-state index in [1.54, 1.807) is 24.3 Å². The molecule has 7 nitrogen and oxygen atoms in total. The lowest BCUT2D eigenvalue weighted by molar-refractivity contribution is -0.127. The van der Waals surface area contributed by atoms with Crippen LogP contribution in [0.5, 0.6) is 5.75 Å². The summed E-state index contributed by atoms with van der Waals surface area (Å²) >= 11 is 0. The number of phenols is 1. The molecule has 0 aliphatic carbocycles. The fraction of sp³-hybridized carbons (Fsp3) is 0.150. The minimum absolute atomic E-state index is 0.0763. The maximum atomic E-state index is 12.4. The van der Waals surface area contributed by atoms with Crippen LogP contribution < -0.4 is 10.6 Å². The van der Waals surface area contributed by atoms with Crippen molar-refractivity contribution in [2.24, 2.45) is 0 Å². The van der Waals surface area contributed by atoms with Gasteiger partial charge in [0.05, 0.1) is 0 Å². The number of anilines is 1. The molecule has 2 aromatic carbocycles. The van der Waals surface area contributed by atoms with Crippen molar-refractivity contribution < 1.29 is 19.5 Å². The van der Waals surface area contributed by atoms with Crippen molar-refractivity contribution in [3.8, 4) is 5.75 Å². The van der Waals surface area contributed by atoms with Gasteiger partial charge in [0.15, 0.2) is 0 Å². The van der Waals surface area contributed by atoms with Gasteiger partial charge in [-0.2, -0.15) is 0 Å². The predicted octanol–water partition coefficient (Wildman–Crippen LogP) is 2.49. The average Bonchev–Trinajstić information content (AvgIpc) is 2.91. The van der Waals surface area contributed by atoms with E-state index >= 15 is 0 Å². The normalized spacial score (nSPS) is 15.1. The molecule has 138 valence electrons. The lowest BCUT2D eigenvalue weighted by atomic mass is 10.1. The second-order valence-corrected chi connectivity index (χ2v) is 6.03. The third-order valence-corrected chi connectivity index (χ3v) is 4.14. The number of phenolic OH excluding ortho intramolecular Hbond substituents is 1. The molecule has 1 aliphatic rings. The van der Waals surface area contributed by atoms with Crippen LogP contribution in [0.1, 0.15) is 18.1 Å². The Morgan fingerprint density at radius 1 is 1.15 bits per heavy atom. The summed E-state index contributed by atoms with van der Waals surface area (Å²) in [4.78, 5) is 37.7. The number of imide groups is 1. The first kappa shape index (κ1) is 18.2. The largest absolute Gasteiger partial charge is 0.508 e. The van der Waals surface area contributed by atoms with Gasteiger partial charge in [0.2, 0.25) is 5.91 Å². The van der Waals surface area contributed by atoms with Gasteiger partial charge < -0.3 is 15.7 Å². The van der Waals surface area contributed by atoms with Crippen molar-refractivity contribution >= 4 is 29.6 Å². The van der Waals surface area contributed by atoms with Crippen LogP contribution in [0.3, 0.4) is 0 Å². The zero-order chi connectivity index (χ0) is 19.4. The summed E-state index contributed by atoms with van der Waals surface area (Å²) in [6, 6.07) is 12.9. The van der Waals surface area contributed by atoms with E-state index in [2.05, 4.69) is 10.6 Å². The number of para-hydroxylation sites is 1. The number of nitrogens with zero attached hydrogens (tertiary/aromatic N) is 1. The standard InChI is InChI=1S/C20H19N3O4/c1-2-14-5-3-4-6-16(14)21-18(25)12-23-19(26)17(22-20(23)27)11-13-7-9-15(24)10-8-13/h3-11,24H,2,12H2,1H3,(H,21,25)(H,22,27)/b17-11+. The van der Waals surface area contributed by atoms with E-state index < -0.39 is 17.8 Å². The Morgan fingerprint density at radius 3 is 2.56 bits per heavy atom.